The van der Waals surface area contributed by atoms with Gasteiger partial charge in [-0.3, -0.25) is 14.4 Å². The molecule has 0 heterocycles. The molecule has 1 aromatic rings. The van der Waals surface area contributed by atoms with Crippen molar-refractivity contribution in [2.75, 3.05) is 13.2 Å². The fourth-order valence-corrected chi connectivity index (χ4v) is 2.58. The first kappa shape index (κ1) is 23.8. The van der Waals surface area contributed by atoms with Gasteiger partial charge in [-0.05, 0) is 46.1 Å². The lowest BCUT2D eigenvalue weighted by atomic mass is 9.96. The Balaban J connectivity index is 2.56. The zero-order chi connectivity index (χ0) is 21.0. The molecule has 0 aliphatic heterocycles. The van der Waals surface area contributed by atoms with E-state index in [1.165, 1.54) is 0 Å². The van der Waals surface area contributed by atoms with Gasteiger partial charge in [0.25, 0.3) is 0 Å². The van der Waals surface area contributed by atoms with Gasteiger partial charge in [0.1, 0.15) is 18.1 Å². The Morgan fingerprint density at radius 3 is 2.32 bits per heavy atom. The molecule has 1 atom stereocenters. The predicted molar refractivity (Wildman–Crippen MR) is 106 cm³/mol. The minimum absolute atomic E-state index is 0.156. The number of rotatable bonds is 12. The van der Waals surface area contributed by atoms with Crippen LogP contribution < -0.4 is 0 Å². The van der Waals surface area contributed by atoms with Gasteiger partial charge in [0, 0.05) is 6.42 Å². The van der Waals surface area contributed by atoms with Gasteiger partial charge in [-0.15, -0.1) is 0 Å². The number of carbonyl (C=O) groups is 3. The van der Waals surface area contributed by atoms with Gasteiger partial charge in [-0.2, -0.15) is 0 Å². The number of benzene rings is 1. The van der Waals surface area contributed by atoms with Crippen molar-refractivity contribution in [3.05, 3.63) is 35.9 Å². The first-order chi connectivity index (χ1) is 13.2. The molecule has 156 valence electrons. The number of ketones is 1. The fraction of sp³-hybridized carbons (Fsp3) is 0.591. The predicted octanol–water partition coefficient (Wildman–Crippen LogP) is 3.85. The van der Waals surface area contributed by atoms with Crippen LogP contribution in [0.2, 0.25) is 0 Å². The van der Waals surface area contributed by atoms with E-state index in [2.05, 4.69) is 0 Å². The van der Waals surface area contributed by atoms with Crippen LogP contribution in [0.15, 0.2) is 30.3 Å². The third-order valence-electron chi connectivity index (χ3n) is 3.86. The molecule has 0 bridgehead atoms. The van der Waals surface area contributed by atoms with Crippen LogP contribution in [0.3, 0.4) is 0 Å². The topological polar surface area (TPSA) is 78.9 Å². The summed E-state index contributed by atoms with van der Waals surface area (Å²) >= 11 is 0. The van der Waals surface area contributed by atoms with Crippen molar-refractivity contribution in [2.24, 2.45) is 5.92 Å². The molecular formula is C22H32O6. The Hall–Kier alpha value is -2.21. The van der Waals surface area contributed by atoms with Crippen molar-refractivity contribution in [3.8, 4) is 0 Å². The summed E-state index contributed by atoms with van der Waals surface area (Å²) in [6.07, 6.45) is 1.69. The molecule has 6 heteroatoms. The van der Waals surface area contributed by atoms with Crippen LogP contribution in [0.4, 0.5) is 0 Å². The normalized spacial score (nSPS) is 12.3. The number of carbonyl (C=O) groups excluding carboxylic acids is 3. The Bertz CT molecular complexity index is 618. The molecule has 0 radical (unpaired) electrons. The summed E-state index contributed by atoms with van der Waals surface area (Å²) in [5, 5.41) is 0. The Kier molecular flexibility index (Phi) is 10.5. The maximum Gasteiger partial charge on any atom is 0.317 e. The summed E-state index contributed by atoms with van der Waals surface area (Å²) in [4.78, 5) is 36.5. The van der Waals surface area contributed by atoms with E-state index in [0.29, 0.717) is 32.5 Å². The van der Waals surface area contributed by atoms with E-state index >= 15 is 0 Å². The summed E-state index contributed by atoms with van der Waals surface area (Å²) in [6.45, 7) is 7.53. The minimum Gasteiger partial charge on any atom is -0.466 e. The Morgan fingerprint density at radius 2 is 1.71 bits per heavy atom. The second kappa shape index (κ2) is 12.3. The summed E-state index contributed by atoms with van der Waals surface area (Å²) in [6, 6.07) is 9.51. The molecule has 1 unspecified atom stereocenters. The van der Waals surface area contributed by atoms with Crippen LogP contribution in [-0.2, 0) is 35.2 Å². The molecule has 0 aliphatic rings. The molecule has 0 aliphatic carbocycles. The highest BCUT2D eigenvalue weighted by Gasteiger charge is 2.30. The van der Waals surface area contributed by atoms with E-state index in [0.717, 1.165) is 5.56 Å². The molecule has 0 fully saturated rings. The van der Waals surface area contributed by atoms with E-state index < -0.39 is 17.5 Å². The van der Waals surface area contributed by atoms with Gasteiger partial charge in [0.2, 0.25) is 0 Å². The molecule has 1 rings (SSSR count). The van der Waals surface area contributed by atoms with E-state index in [9.17, 15) is 14.4 Å². The van der Waals surface area contributed by atoms with Crippen molar-refractivity contribution in [3.63, 3.8) is 0 Å². The van der Waals surface area contributed by atoms with Crippen molar-refractivity contribution >= 4 is 17.7 Å². The number of ether oxygens (including phenoxy) is 3. The van der Waals surface area contributed by atoms with Crippen LogP contribution in [0.5, 0.6) is 0 Å². The largest absolute Gasteiger partial charge is 0.466 e. The quantitative estimate of drug-likeness (QED) is 0.305. The maximum absolute atomic E-state index is 12.6. The van der Waals surface area contributed by atoms with Gasteiger partial charge in [-0.1, -0.05) is 36.8 Å². The van der Waals surface area contributed by atoms with Gasteiger partial charge in [-0.25, -0.2) is 0 Å². The molecule has 6 nitrogen and oxygen atoms in total. The second-order valence-electron chi connectivity index (χ2n) is 7.58. The summed E-state index contributed by atoms with van der Waals surface area (Å²) < 4.78 is 15.8. The van der Waals surface area contributed by atoms with Gasteiger partial charge >= 0.3 is 11.9 Å². The molecule has 28 heavy (non-hydrogen) atoms. The SMILES string of the molecule is CCOC(=O)CCCCC(C(=O)COCc1ccccc1)C(=O)OC(C)(C)C. The highest BCUT2D eigenvalue weighted by molar-refractivity contribution is 5.99. The van der Waals surface area contributed by atoms with E-state index in [-0.39, 0.29) is 24.8 Å². The van der Waals surface area contributed by atoms with Gasteiger partial charge in [0.15, 0.2) is 5.78 Å². The summed E-state index contributed by atoms with van der Waals surface area (Å²) in [5.41, 5.74) is 0.282. The smallest absolute Gasteiger partial charge is 0.317 e. The highest BCUT2D eigenvalue weighted by atomic mass is 16.6. The van der Waals surface area contributed by atoms with Crippen LogP contribution in [-0.4, -0.2) is 36.5 Å². The molecule has 0 amide bonds. The van der Waals surface area contributed by atoms with Crippen LogP contribution >= 0.6 is 0 Å². The lowest BCUT2D eigenvalue weighted by molar-refractivity contribution is -0.163. The number of hydrogen-bond acceptors (Lipinski definition) is 6. The average Bonchev–Trinajstić information content (AvgIpc) is 2.61. The summed E-state index contributed by atoms with van der Waals surface area (Å²) in [5.74, 6) is -2.01. The Labute approximate surface area is 167 Å². The third kappa shape index (κ3) is 10.2. The standard InChI is InChI=1S/C22H32O6/c1-5-27-20(24)14-10-9-13-18(21(25)28-22(2,3)4)19(23)16-26-15-17-11-7-6-8-12-17/h6-8,11-12,18H,5,9-10,13-16H2,1-4H3. The van der Waals surface area contributed by atoms with Crippen molar-refractivity contribution < 1.29 is 28.6 Å². The summed E-state index contributed by atoms with van der Waals surface area (Å²) in [7, 11) is 0. The molecule has 1 aromatic carbocycles. The number of esters is 2. The zero-order valence-corrected chi connectivity index (χ0v) is 17.4. The third-order valence-corrected chi connectivity index (χ3v) is 3.86. The van der Waals surface area contributed by atoms with Gasteiger partial charge in [0.05, 0.1) is 13.2 Å². The Morgan fingerprint density at radius 1 is 1.04 bits per heavy atom. The minimum atomic E-state index is -0.891. The van der Waals surface area contributed by atoms with Crippen molar-refractivity contribution in [2.45, 2.75) is 65.6 Å². The monoisotopic (exact) mass is 392 g/mol. The zero-order valence-electron chi connectivity index (χ0n) is 17.4. The van der Waals surface area contributed by atoms with E-state index in [1.54, 1.807) is 27.7 Å². The maximum atomic E-state index is 12.6. The second-order valence-corrected chi connectivity index (χ2v) is 7.58. The molecular weight excluding hydrogens is 360 g/mol. The fourth-order valence-electron chi connectivity index (χ4n) is 2.58. The molecule has 0 spiro atoms. The van der Waals surface area contributed by atoms with Crippen LogP contribution in [0.25, 0.3) is 0 Å². The molecule has 0 aromatic heterocycles. The first-order valence-corrected chi connectivity index (χ1v) is 9.75. The average molecular weight is 392 g/mol. The lowest BCUT2D eigenvalue weighted by Gasteiger charge is -2.23. The van der Waals surface area contributed by atoms with Crippen LogP contribution in [0, 0.1) is 5.92 Å². The van der Waals surface area contributed by atoms with E-state index in [1.807, 2.05) is 30.3 Å². The number of Topliss-reactive ketones (excluding diaryl/α,β-unsaturated/α-hetero) is 1. The van der Waals surface area contributed by atoms with Gasteiger partial charge < -0.3 is 14.2 Å². The lowest BCUT2D eigenvalue weighted by Crippen LogP contribution is -2.34. The molecule has 0 saturated heterocycles. The first-order valence-electron chi connectivity index (χ1n) is 9.75. The van der Waals surface area contributed by atoms with Crippen molar-refractivity contribution in [1.29, 1.82) is 0 Å². The molecule has 0 saturated carbocycles. The van der Waals surface area contributed by atoms with Crippen molar-refractivity contribution in [1.82, 2.24) is 0 Å². The van der Waals surface area contributed by atoms with E-state index in [4.69, 9.17) is 14.2 Å². The highest BCUT2D eigenvalue weighted by Crippen LogP contribution is 2.18. The number of hydrogen-bond donors (Lipinski definition) is 0. The molecule has 0 N–H and O–H groups in total. The number of unbranched alkanes of at least 4 members (excludes halogenated alkanes) is 1. The van der Waals surface area contributed by atoms with Crippen LogP contribution in [0.1, 0.15) is 58.9 Å².